The number of carbonyl (C=O) groups is 1. The number of hydrogen-bond donors (Lipinski definition) is 3. The zero-order valence-electron chi connectivity index (χ0n) is 22.4. The number of nitrogens with two attached hydrogens (primary N) is 2. The average molecular weight is 557 g/mol. The number of carbonyl (C=O) groups excluding carboxylic acids is 1. The number of pyridine rings is 2. The number of anilines is 2. The molecule has 41 heavy (non-hydrogen) atoms. The molecule has 0 atom stereocenters. The molecule has 1 aliphatic rings. The average Bonchev–Trinajstić information content (AvgIpc) is 3.83. The summed E-state index contributed by atoms with van der Waals surface area (Å²) in [5.74, 6) is 2.46. The van der Waals surface area contributed by atoms with Gasteiger partial charge in [0.1, 0.15) is 23.0 Å². The molecule has 1 amide bonds. The van der Waals surface area contributed by atoms with Crippen LogP contribution in [0.3, 0.4) is 0 Å². The predicted molar refractivity (Wildman–Crippen MR) is 152 cm³/mol. The summed E-state index contributed by atoms with van der Waals surface area (Å²) >= 11 is 0. The van der Waals surface area contributed by atoms with Crippen LogP contribution in [0.5, 0.6) is 23.0 Å². The molecule has 0 unspecified atom stereocenters. The summed E-state index contributed by atoms with van der Waals surface area (Å²) in [6.07, 6.45) is 9.50. The summed E-state index contributed by atoms with van der Waals surface area (Å²) in [5, 5.41) is 3.40. The molecule has 3 heterocycles. The minimum atomic E-state index is -0.599. The van der Waals surface area contributed by atoms with E-state index in [-0.39, 0.29) is 23.2 Å². The number of hydrogen-bond acceptors (Lipinski definition) is 12. The van der Waals surface area contributed by atoms with Crippen molar-refractivity contribution < 1.29 is 23.7 Å². The lowest BCUT2D eigenvalue weighted by molar-refractivity contribution is -0.113. The summed E-state index contributed by atoms with van der Waals surface area (Å²) < 4.78 is 22.6. The van der Waals surface area contributed by atoms with Crippen molar-refractivity contribution in [2.24, 2.45) is 16.6 Å². The Balaban J connectivity index is 1.30. The normalized spacial score (nSPS) is 13.5. The molecule has 0 saturated heterocycles. The molecule has 1 aromatic carbocycles. The van der Waals surface area contributed by atoms with Crippen LogP contribution in [0.4, 0.5) is 17.5 Å². The molecule has 1 saturated carbocycles. The Labute approximate surface area is 235 Å². The fraction of sp³-hybridized carbons (Fsp3) is 0.214. The van der Waals surface area contributed by atoms with Gasteiger partial charge in [-0.25, -0.2) is 19.9 Å². The lowest BCUT2D eigenvalue weighted by Crippen LogP contribution is -2.24. The Morgan fingerprint density at radius 3 is 2.46 bits per heavy atom. The number of benzene rings is 1. The maximum atomic E-state index is 12.9. The van der Waals surface area contributed by atoms with Gasteiger partial charge in [-0.1, -0.05) is 0 Å². The number of nitrogen functional groups attached to an aromatic ring is 1. The van der Waals surface area contributed by atoms with Crippen LogP contribution in [0.2, 0.25) is 0 Å². The smallest absolute Gasteiger partial charge is 0.276 e. The maximum Gasteiger partial charge on any atom is 0.276 e. The second kappa shape index (κ2) is 12.2. The number of nitrogens with one attached hydrogen (secondary N) is 1. The van der Waals surface area contributed by atoms with Gasteiger partial charge in [-0.05, 0) is 43.0 Å². The van der Waals surface area contributed by atoms with Crippen LogP contribution in [0, 0.1) is 5.92 Å². The molecule has 5 N–H and O–H groups in total. The van der Waals surface area contributed by atoms with Gasteiger partial charge in [-0.15, -0.1) is 0 Å². The van der Waals surface area contributed by atoms with Gasteiger partial charge < -0.3 is 35.7 Å². The summed E-state index contributed by atoms with van der Waals surface area (Å²) in [4.78, 5) is 33.6. The van der Waals surface area contributed by atoms with E-state index in [0.29, 0.717) is 46.7 Å². The topological polar surface area (TPSA) is 182 Å². The van der Waals surface area contributed by atoms with Crippen molar-refractivity contribution in [1.29, 1.82) is 0 Å². The lowest BCUT2D eigenvalue weighted by Gasteiger charge is -2.13. The molecule has 210 valence electrons. The van der Waals surface area contributed by atoms with Gasteiger partial charge in [0.15, 0.2) is 17.3 Å². The highest BCUT2D eigenvalue weighted by Crippen LogP contribution is 2.37. The third-order valence-corrected chi connectivity index (χ3v) is 6.08. The first-order valence-electron chi connectivity index (χ1n) is 12.6. The molecule has 4 aromatic rings. The Morgan fingerprint density at radius 2 is 1.78 bits per heavy atom. The molecule has 1 aliphatic carbocycles. The van der Waals surface area contributed by atoms with Crippen molar-refractivity contribution in [3.63, 3.8) is 0 Å². The number of allylic oxidation sites excluding steroid dienone is 1. The van der Waals surface area contributed by atoms with Crippen LogP contribution in [0.15, 0.2) is 71.6 Å². The van der Waals surface area contributed by atoms with E-state index in [4.69, 9.17) is 30.4 Å². The van der Waals surface area contributed by atoms with E-state index in [1.54, 1.807) is 50.7 Å². The van der Waals surface area contributed by atoms with Crippen molar-refractivity contribution in [3.05, 3.63) is 66.6 Å². The summed E-state index contributed by atoms with van der Waals surface area (Å²) in [7, 11) is 3.12. The highest BCUT2D eigenvalue weighted by molar-refractivity contribution is 6.06. The molecule has 1 fully saturated rings. The molecule has 13 heteroatoms. The van der Waals surface area contributed by atoms with E-state index in [2.05, 4.69) is 30.2 Å². The molecule has 0 radical (unpaired) electrons. The van der Waals surface area contributed by atoms with Crippen LogP contribution < -0.4 is 31.0 Å². The quantitative estimate of drug-likeness (QED) is 0.139. The van der Waals surface area contributed by atoms with Crippen LogP contribution in [-0.4, -0.2) is 52.9 Å². The zero-order valence-corrected chi connectivity index (χ0v) is 22.4. The number of aromatic nitrogens is 4. The fourth-order valence-corrected chi connectivity index (χ4v) is 3.68. The highest BCUT2D eigenvalue weighted by atomic mass is 16.5. The van der Waals surface area contributed by atoms with E-state index in [1.165, 1.54) is 24.8 Å². The van der Waals surface area contributed by atoms with E-state index in [0.717, 1.165) is 18.2 Å². The Morgan fingerprint density at radius 1 is 1.02 bits per heavy atom. The van der Waals surface area contributed by atoms with Crippen molar-refractivity contribution in [1.82, 2.24) is 19.9 Å². The van der Waals surface area contributed by atoms with Gasteiger partial charge in [0, 0.05) is 17.6 Å². The molecular weight excluding hydrogens is 528 g/mol. The maximum absolute atomic E-state index is 12.9. The highest BCUT2D eigenvalue weighted by Gasteiger charge is 2.23. The standard InChI is InChI=1S/C28H28N8O5/c1-38-22-9-19-20(10-23(22)39-2)31-8-7-21(19)41-18-5-6-25(33-13-18)36-27(37)26(29)24(40-15-16-3-4-16)14-32-17-11-34-28(30)35-12-17/h5-14,16H,3-4,15,29H2,1-2H3,(H2,30,34,35)(H,33,36,37). The minimum absolute atomic E-state index is 0.127. The first-order valence-corrected chi connectivity index (χ1v) is 12.6. The minimum Gasteiger partial charge on any atom is -0.493 e. The third kappa shape index (κ3) is 6.76. The molecule has 5 rings (SSSR count). The van der Waals surface area contributed by atoms with E-state index in [1.807, 2.05) is 0 Å². The van der Waals surface area contributed by atoms with Crippen molar-refractivity contribution >= 4 is 40.5 Å². The SMILES string of the molecule is COc1cc2nccc(Oc3ccc(NC(=O)C(N)=C(C=Nc4cnc(N)nc4)OCC4CC4)nc3)c2cc1OC. The van der Waals surface area contributed by atoms with Gasteiger partial charge in [0.25, 0.3) is 5.91 Å². The molecular formula is C28H28N8O5. The number of rotatable bonds is 11. The zero-order chi connectivity index (χ0) is 28.8. The molecule has 0 aliphatic heterocycles. The number of ether oxygens (including phenoxy) is 4. The fourth-order valence-electron chi connectivity index (χ4n) is 3.68. The van der Waals surface area contributed by atoms with Crippen molar-refractivity contribution in [3.8, 4) is 23.0 Å². The van der Waals surface area contributed by atoms with Crippen molar-refractivity contribution in [2.75, 3.05) is 31.9 Å². The van der Waals surface area contributed by atoms with Crippen LogP contribution in [0.25, 0.3) is 10.9 Å². The Hall–Kier alpha value is -5.46. The first-order chi connectivity index (χ1) is 19.9. The van der Waals surface area contributed by atoms with Crippen LogP contribution in [0.1, 0.15) is 12.8 Å². The number of aliphatic imine (C=N–C) groups is 1. The van der Waals surface area contributed by atoms with Crippen LogP contribution >= 0.6 is 0 Å². The Bertz CT molecular complexity index is 1600. The van der Waals surface area contributed by atoms with Gasteiger partial charge in [-0.3, -0.25) is 9.78 Å². The third-order valence-electron chi connectivity index (χ3n) is 6.08. The largest absolute Gasteiger partial charge is 0.493 e. The number of amides is 1. The second-order valence-electron chi connectivity index (χ2n) is 9.06. The van der Waals surface area contributed by atoms with Crippen molar-refractivity contribution in [2.45, 2.75) is 12.8 Å². The number of fused-ring (bicyclic) bond motifs is 1. The molecule has 3 aromatic heterocycles. The first kappa shape index (κ1) is 27.1. The monoisotopic (exact) mass is 556 g/mol. The van der Waals surface area contributed by atoms with Crippen LogP contribution in [-0.2, 0) is 9.53 Å². The summed E-state index contributed by atoms with van der Waals surface area (Å²) in [6.45, 7) is 0.431. The van der Waals surface area contributed by atoms with Gasteiger partial charge in [0.2, 0.25) is 5.95 Å². The lowest BCUT2D eigenvalue weighted by atomic mass is 10.2. The van der Waals surface area contributed by atoms with Gasteiger partial charge in [0.05, 0.1) is 56.8 Å². The number of methoxy groups -OCH3 is 2. The second-order valence-corrected chi connectivity index (χ2v) is 9.06. The predicted octanol–water partition coefficient (Wildman–Crippen LogP) is 3.75. The molecule has 13 nitrogen and oxygen atoms in total. The molecule has 0 bridgehead atoms. The van der Waals surface area contributed by atoms with E-state index in [9.17, 15) is 4.79 Å². The number of nitrogens with zero attached hydrogens (tertiary/aromatic N) is 5. The van der Waals surface area contributed by atoms with E-state index >= 15 is 0 Å². The summed E-state index contributed by atoms with van der Waals surface area (Å²) in [5.41, 5.74) is 12.6. The van der Waals surface area contributed by atoms with Gasteiger partial charge >= 0.3 is 0 Å². The Kier molecular flexibility index (Phi) is 8.04. The van der Waals surface area contributed by atoms with Gasteiger partial charge in [-0.2, -0.15) is 0 Å². The molecule has 0 spiro atoms. The van der Waals surface area contributed by atoms with E-state index < -0.39 is 5.91 Å². The summed E-state index contributed by atoms with van der Waals surface area (Å²) in [6, 6.07) is 8.56.